The Kier molecular flexibility index (Phi) is 4.25. The molecule has 2 aliphatic rings. The molecule has 2 fully saturated rings. The number of nitrogens with one attached hydrogen (secondary N) is 1. The molecule has 4 heteroatoms. The van der Waals surface area contributed by atoms with E-state index in [0.29, 0.717) is 25.4 Å². The Morgan fingerprint density at radius 1 is 1.33 bits per heavy atom. The Labute approximate surface area is 109 Å². The van der Waals surface area contributed by atoms with Gasteiger partial charge in [0.2, 0.25) is 11.8 Å². The summed E-state index contributed by atoms with van der Waals surface area (Å²) in [6, 6.07) is 0.0139. The molecule has 1 N–H and O–H groups in total. The van der Waals surface area contributed by atoms with Gasteiger partial charge in [-0.1, -0.05) is 26.7 Å². The Bertz CT molecular complexity index is 326. The summed E-state index contributed by atoms with van der Waals surface area (Å²) in [6.07, 6.45) is 5.86. The average Bonchev–Trinajstić information content (AvgIpc) is 3.17. The Morgan fingerprint density at radius 3 is 2.61 bits per heavy atom. The fourth-order valence-corrected chi connectivity index (χ4v) is 2.75. The molecule has 0 radical (unpaired) electrons. The highest BCUT2D eigenvalue weighted by Gasteiger charge is 2.34. The minimum Gasteiger partial charge on any atom is -0.344 e. The zero-order valence-corrected chi connectivity index (χ0v) is 11.4. The molecular weight excluding hydrogens is 228 g/mol. The van der Waals surface area contributed by atoms with E-state index >= 15 is 0 Å². The van der Waals surface area contributed by atoms with Crippen LogP contribution in [0.2, 0.25) is 0 Å². The van der Waals surface area contributed by atoms with Gasteiger partial charge < -0.3 is 10.2 Å². The molecule has 1 aliphatic heterocycles. The van der Waals surface area contributed by atoms with E-state index in [-0.39, 0.29) is 17.9 Å². The van der Waals surface area contributed by atoms with Gasteiger partial charge >= 0.3 is 0 Å². The van der Waals surface area contributed by atoms with Crippen molar-refractivity contribution in [3.63, 3.8) is 0 Å². The van der Waals surface area contributed by atoms with Crippen molar-refractivity contribution >= 4 is 11.8 Å². The maximum atomic E-state index is 12.4. The van der Waals surface area contributed by atoms with Crippen LogP contribution in [0, 0.1) is 5.92 Å². The summed E-state index contributed by atoms with van der Waals surface area (Å²) in [5.41, 5.74) is 0. The quantitative estimate of drug-likeness (QED) is 0.809. The van der Waals surface area contributed by atoms with Crippen LogP contribution in [0.3, 0.4) is 0 Å². The van der Waals surface area contributed by atoms with E-state index in [9.17, 15) is 9.59 Å². The van der Waals surface area contributed by atoms with Gasteiger partial charge in [-0.15, -0.1) is 0 Å². The van der Waals surface area contributed by atoms with Crippen molar-refractivity contribution in [2.45, 2.75) is 64.5 Å². The van der Waals surface area contributed by atoms with Crippen molar-refractivity contribution in [3.8, 4) is 0 Å². The van der Waals surface area contributed by atoms with Gasteiger partial charge in [0.25, 0.3) is 0 Å². The van der Waals surface area contributed by atoms with E-state index < -0.39 is 0 Å². The highest BCUT2D eigenvalue weighted by atomic mass is 16.2. The first kappa shape index (κ1) is 13.4. The predicted molar refractivity (Wildman–Crippen MR) is 70.0 cm³/mol. The zero-order valence-electron chi connectivity index (χ0n) is 11.4. The van der Waals surface area contributed by atoms with Gasteiger partial charge in [0.05, 0.1) is 0 Å². The summed E-state index contributed by atoms with van der Waals surface area (Å²) >= 11 is 0. The maximum absolute atomic E-state index is 12.4. The summed E-state index contributed by atoms with van der Waals surface area (Å²) in [4.78, 5) is 26.0. The van der Waals surface area contributed by atoms with Crippen molar-refractivity contribution < 1.29 is 9.59 Å². The van der Waals surface area contributed by atoms with Gasteiger partial charge in [-0.3, -0.25) is 9.59 Å². The lowest BCUT2D eigenvalue weighted by atomic mass is 10.0. The molecule has 2 rings (SSSR count). The second-order valence-electron chi connectivity index (χ2n) is 5.55. The van der Waals surface area contributed by atoms with E-state index in [0.717, 1.165) is 18.8 Å². The Morgan fingerprint density at radius 2 is 2.06 bits per heavy atom. The van der Waals surface area contributed by atoms with E-state index in [1.807, 2.05) is 11.8 Å². The van der Waals surface area contributed by atoms with E-state index in [1.54, 1.807) is 0 Å². The molecule has 1 saturated heterocycles. The first-order chi connectivity index (χ1) is 8.65. The lowest BCUT2D eigenvalue weighted by Crippen LogP contribution is -2.48. The summed E-state index contributed by atoms with van der Waals surface area (Å²) in [7, 11) is 0. The van der Waals surface area contributed by atoms with Gasteiger partial charge in [0.1, 0.15) is 6.04 Å². The van der Waals surface area contributed by atoms with Crippen LogP contribution < -0.4 is 5.32 Å². The monoisotopic (exact) mass is 252 g/mol. The van der Waals surface area contributed by atoms with Gasteiger partial charge in [0.15, 0.2) is 0 Å². The first-order valence-corrected chi connectivity index (χ1v) is 7.25. The molecule has 0 aromatic heterocycles. The molecule has 2 atom stereocenters. The van der Waals surface area contributed by atoms with Crippen LogP contribution in [-0.2, 0) is 9.59 Å². The van der Waals surface area contributed by atoms with Crippen molar-refractivity contribution in [2.75, 3.05) is 6.54 Å². The molecule has 1 saturated carbocycles. The normalized spacial score (nSPS) is 26.8. The standard InChI is InChI=1S/C14H24N2O2/c1-3-11(9-10-5-6-10)16-8-7-13(17)15-12(4-2)14(16)18/h10-12H,3-9H2,1-2H3,(H,15,17). The van der Waals surface area contributed by atoms with Crippen LogP contribution in [0.4, 0.5) is 0 Å². The highest BCUT2D eigenvalue weighted by molar-refractivity contribution is 5.90. The molecule has 0 aromatic carbocycles. The highest BCUT2D eigenvalue weighted by Crippen LogP contribution is 2.35. The van der Waals surface area contributed by atoms with Crippen molar-refractivity contribution in [1.29, 1.82) is 0 Å². The zero-order chi connectivity index (χ0) is 13.1. The summed E-state index contributed by atoms with van der Waals surface area (Å²) in [6.45, 7) is 4.68. The number of carbonyl (C=O) groups is 2. The van der Waals surface area contributed by atoms with Crippen LogP contribution in [0.1, 0.15) is 52.4 Å². The molecular formula is C14H24N2O2. The number of amides is 2. The third-order valence-corrected chi connectivity index (χ3v) is 4.12. The Balaban J connectivity index is 2.07. The molecule has 102 valence electrons. The van der Waals surface area contributed by atoms with Crippen molar-refractivity contribution in [3.05, 3.63) is 0 Å². The maximum Gasteiger partial charge on any atom is 0.245 e. The van der Waals surface area contributed by atoms with E-state index in [1.165, 1.54) is 12.8 Å². The minimum absolute atomic E-state index is 0.0129. The number of hydrogen-bond acceptors (Lipinski definition) is 2. The van der Waals surface area contributed by atoms with Crippen LogP contribution in [0.15, 0.2) is 0 Å². The summed E-state index contributed by atoms with van der Waals surface area (Å²) < 4.78 is 0. The molecule has 1 heterocycles. The fraction of sp³-hybridized carbons (Fsp3) is 0.857. The van der Waals surface area contributed by atoms with Gasteiger partial charge in [-0.05, 0) is 25.2 Å². The lowest BCUT2D eigenvalue weighted by Gasteiger charge is -2.31. The van der Waals surface area contributed by atoms with E-state index in [4.69, 9.17) is 0 Å². The number of carbonyl (C=O) groups excluding carboxylic acids is 2. The molecule has 18 heavy (non-hydrogen) atoms. The summed E-state index contributed by atoms with van der Waals surface area (Å²) in [5, 5.41) is 2.83. The topological polar surface area (TPSA) is 49.4 Å². The number of nitrogens with zero attached hydrogens (tertiary/aromatic N) is 1. The fourth-order valence-electron chi connectivity index (χ4n) is 2.75. The van der Waals surface area contributed by atoms with Gasteiger partial charge in [0, 0.05) is 19.0 Å². The Hall–Kier alpha value is -1.06. The molecule has 4 nitrogen and oxygen atoms in total. The molecule has 0 spiro atoms. The third kappa shape index (κ3) is 3.03. The largest absolute Gasteiger partial charge is 0.344 e. The van der Waals surface area contributed by atoms with Gasteiger partial charge in [-0.25, -0.2) is 0 Å². The lowest BCUT2D eigenvalue weighted by molar-refractivity contribution is -0.135. The second-order valence-corrected chi connectivity index (χ2v) is 5.55. The minimum atomic E-state index is -0.312. The third-order valence-electron chi connectivity index (χ3n) is 4.12. The average molecular weight is 252 g/mol. The van der Waals surface area contributed by atoms with Crippen molar-refractivity contribution in [1.82, 2.24) is 10.2 Å². The van der Waals surface area contributed by atoms with Crippen LogP contribution >= 0.6 is 0 Å². The van der Waals surface area contributed by atoms with Crippen LogP contribution in [-0.4, -0.2) is 35.3 Å². The van der Waals surface area contributed by atoms with E-state index in [2.05, 4.69) is 12.2 Å². The van der Waals surface area contributed by atoms with Gasteiger partial charge in [-0.2, -0.15) is 0 Å². The molecule has 2 amide bonds. The second kappa shape index (κ2) is 5.72. The molecule has 0 aromatic rings. The van der Waals surface area contributed by atoms with Crippen LogP contribution in [0.25, 0.3) is 0 Å². The number of rotatable bonds is 5. The predicted octanol–water partition coefficient (Wildman–Crippen LogP) is 1.69. The molecule has 1 aliphatic carbocycles. The molecule has 2 unspecified atom stereocenters. The number of hydrogen-bond donors (Lipinski definition) is 1. The van der Waals surface area contributed by atoms with Crippen LogP contribution in [0.5, 0.6) is 0 Å². The first-order valence-electron chi connectivity index (χ1n) is 7.25. The van der Waals surface area contributed by atoms with Crippen molar-refractivity contribution in [2.24, 2.45) is 5.92 Å². The SMILES string of the molecule is CCC1NC(=O)CCN(C(CC)CC2CC2)C1=O. The smallest absolute Gasteiger partial charge is 0.245 e. The molecule has 0 bridgehead atoms. The summed E-state index contributed by atoms with van der Waals surface area (Å²) in [5.74, 6) is 0.949.